The van der Waals surface area contributed by atoms with Gasteiger partial charge < -0.3 is 16.4 Å². The quantitative estimate of drug-likeness (QED) is 0.876. The average Bonchev–Trinajstić information content (AvgIpc) is 2.39. The van der Waals surface area contributed by atoms with Gasteiger partial charge in [0.2, 0.25) is 0 Å². The number of hydrogen-bond acceptors (Lipinski definition) is 4. The number of nitrogens with two attached hydrogens (primary N) is 2. The lowest BCUT2D eigenvalue weighted by Crippen LogP contribution is -2.53. The molecule has 0 aromatic carbocycles. The standard InChI is InChI=1S/C15H26N4/c1-11-7-10-18-14(17)12(11)13(16)15(19(2)3)8-5-4-6-9-15/h7,10,13H,4-6,8-9,16H2,1-3H3,(H2,17,18). The molecule has 1 fully saturated rings. The molecule has 1 aliphatic rings. The van der Waals surface area contributed by atoms with Crippen LogP contribution in [0.1, 0.15) is 49.3 Å². The summed E-state index contributed by atoms with van der Waals surface area (Å²) in [5.74, 6) is 0.583. The molecule has 1 atom stereocenters. The second kappa shape index (κ2) is 5.47. The zero-order valence-electron chi connectivity index (χ0n) is 12.3. The molecule has 1 unspecified atom stereocenters. The van der Waals surface area contributed by atoms with Crippen molar-refractivity contribution in [3.05, 3.63) is 23.4 Å². The van der Waals surface area contributed by atoms with E-state index in [1.165, 1.54) is 19.3 Å². The van der Waals surface area contributed by atoms with Gasteiger partial charge in [-0.2, -0.15) is 0 Å². The third-order valence-corrected chi connectivity index (χ3v) is 4.74. The highest BCUT2D eigenvalue weighted by molar-refractivity contribution is 5.47. The Bertz CT molecular complexity index is 416. The predicted molar refractivity (Wildman–Crippen MR) is 79.8 cm³/mol. The Kier molecular flexibility index (Phi) is 4.11. The zero-order valence-corrected chi connectivity index (χ0v) is 12.3. The smallest absolute Gasteiger partial charge is 0.128 e. The van der Waals surface area contributed by atoms with Crippen LogP contribution < -0.4 is 11.5 Å². The van der Waals surface area contributed by atoms with Gasteiger partial charge in [0, 0.05) is 17.3 Å². The predicted octanol–water partition coefficient (Wildman–Crippen LogP) is 2.24. The zero-order chi connectivity index (χ0) is 14.0. The molecule has 0 bridgehead atoms. The summed E-state index contributed by atoms with van der Waals surface area (Å²) in [5, 5.41) is 0. The first-order chi connectivity index (χ1) is 8.99. The average molecular weight is 262 g/mol. The van der Waals surface area contributed by atoms with E-state index in [4.69, 9.17) is 11.5 Å². The number of nitrogens with zero attached hydrogens (tertiary/aromatic N) is 2. The number of nitrogen functional groups attached to an aromatic ring is 1. The molecule has 0 aliphatic heterocycles. The maximum Gasteiger partial charge on any atom is 0.128 e. The molecule has 2 rings (SSSR count). The normalized spacial score (nSPS) is 20.5. The molecular formula is C15H26N4. The van der Waals surface area contributed by atoms with Crippen molar-refractivity contribution in [1.82, 2.24) is 9.88 Å². The van der Waals surface area contributed by atoms with Gasteiger partial charge in [0.25, 0.3) is 0 Å². The minimum absolute atomic E-state index is 0.0141. The van der Waals surface area contributed by atoms with E-state index in [0.29, 0.717) is 5.82 Å². The fourth-order valence-corrected chi connectivity index (χ4v) is 3.46. The first-order valence-corrected chi connectivity index (χ1v) is 7.13. The van der Waals surface area contributed by atoms with Gasteiger partial charge in [-0.25, -0.2) is 4.98 Å². The summed E-state index contributed by atoms with van der Waals surface area (Å²) in [6.45, 7) is 2.07. The van der Waals surface area contributed by atoms with E-state index in [0.717, 1.165) is 24.0 Å². The Morgan fingerprint density at radius 2 is 1.89 bits per heavy atom. The number of likely N-dealkylation sites (N-methyl/N-ethyl adjacent to an activating group) is 1. The van der Waals surface area contributed by atoms with Crippen LogP contribution in [0.2, 0.25) is 0 Å². The lowest BCUT2D eigenvalue weighted by Gasteiger charge is -2.47. The van der Waals surface area contributed by atoms with Crippen LogP contribution >= 0.6 is 0 Å². The number of hydrogen-bond donors (Lipinski definition) is 2. The molecule has 1 saturated carbocycles. The maximum atomic E-state index is 6.65. The van der Waals surface area contributed by atoms with E-state index >= 15 is 0 Å². The summed E-state index contributed by atoms with van der Waals surface area (Å²) in [5.41, 5.74) is 14.9. The van der Waals surface area contributed by atoms with Crippen LogP contribution in [0.25, 0.3) is 0 Å². The van der Waals surface area contributed by atoms with Gasteiger partial charge in [0.05, 0.1) is 6.04 Å². The highest BCUT2D eigenvalue weighted by Gasteiger charge is 2.41. The van der Waals surface area contributed by atoms with E-state index in [1.807, 2.05) is 6.07 Å². The molecule has 0 amide bonds. The van der Waals surface area contributed by atoms with Crippen LogP contribution in [0.5, 0.6) is 0 Å². The second-order valence-corrected chi connectivity index (χ2v) is 5.96. The molecule has 0 saturated heterocycles. The van der Waals surface area contributed by atoms with Crippen molar-refractivity contribution >= 4 is 5.82 Å². The van der Waals surface area contributed by atoms with Gasteiger partial charge >= 0.3 is 0 Å². The van der Waals surface area contributed by atoms with Crippen molar-refractivity contribution in [2.45, 2.75) is 50.6 Å². The van der Waals surface area contributed by atoms with Crippen LogP contribution in [0.4, 0.5) is 5.82 Å². The topological polar surface area (TPSA) is 68.2 Å². The van der Waals surface area contributed by atoms with Crippen molar-refractivity contribution < 1.29 is 0 Å². The van der Waals surface area contributed by atoms with Crippen molar-refractivity contribution in [2.24, 2.45) is 5.73 Å². The van der Waals surface area contributed by atoms with Gasteiger partial charge in [-0.05, 0) is 45.5 Å². The Morgan fingerprint density at radius 3 is 2.42 bits per heavy atom. The molecule has 4 nitrogen and oxygen atoms in total. The van der Waals surface area contributed by atoms with E-state index < -0.39 is 0 Å². The summed E-state index contributed by atoms with van der Waals surface area (Å²) >= 11 is 0. The van der Waals surface area contributed by atoms with Crippen LogP contribution in [-0.2, 0) is 0 Å². The fraction of sp³-hybridized carbons (Fsp3) is 0.667. The molecule has 1 aliphatic carbocycles. The Labute approximate surface area is 116 Å². The lowest BCUT2D eigenvalue weighted by atomic mass is 9.73. The SMILES string of the molecule is Cc1ccnc(N)c1C(N)C1(N(C)C)CCCCC1. The Balaban J connectivity index is 2.42. The highest BCUT2D eigenvalue weighted by atomic mass is 15.2. The van der Waals surface area contributed by atoms with E-state index in [9.17, 15) is 0 Å². The molecule has 0 spiro atoms. The minimum Gasteiger partial charge on any atom is -0.383 e. The summed E-state index contributed by atoms with van der Waals surface area (Å²) in [7, 11) is 4.26. The fourth-order valence-electron chi connectivity index (χ4n) is 3.46. The highest BCUT2D eigenvalue weighted by Crippen LogP contribution is 2.42. The Hall–Kier alpha value is -1.13. The number of pyridine rings is 1. The third-order valence-electron chi connectivity index (χ3n) is 4.74. The summed E-state index contributed by atoms with van der Waals surface area (Å²) in [4.78, 5) is 6.52. The van der Waals surface area contributed by atoms with Crippen molar-refractivity contribution in [3.8, 4) is 0 Å². The maximum absolute atomic E-state index is 6.65. The van der Waals surface area contributed by atoms with Crippen LogP contribution in [-0.4, -0.2) is 29.5 Å². The number of rotatable bonds is 3. The van der Waals surface area contributed by atoms with Gasteiger partial charge in [-0.3, -0.25) is 0 Å². The third kappa shape index (κ3) is 2.47. The molecule has 4 N–H and O–H groups in total. The van der Waals surface area contributed by atoms with Crippen molar-refractivity contribution in [3.63, 3.8) is 0 Å². The molecule has 4 heteroatoms. The van der Waals surface area contributed by atoms with Crippen LogP contribution in [0.3, 0.4) is 0 Å². The number of aryl methyl sites for hydroxylation is 1. The summed E-state index contributed by atoms with van der Waals surface area (Å²) in [6.07, 6.45) is 7.81. The van der Waals surface area contributed by atoms with Gasteiger partial charge in [-0.15, -0.1) is 0 Å². The second-order valence-electron chi connectivity index (χ2n) is 5.96. The molecule has 0 radical (unpaired) electrons. The number of anilines is 1. The van der Waals surface area contributed by atoms with Crippen LogP contribution in [0.15, 0.2) is 12.3 Å². The monoisotopic (exact) mass is 262 g/mol. The molecule has 1 aromatic rings. The number of aromatic nitrogens is 1. The minimum atomic E-state index is -0.0727. The molecule has 1 heterocycles. The molecule has 1 aromatic heterocycles. The van der Waals surface area contributed by atoms with Crippen molar-refractivity contribution in [1.29, 1.82) is 0 Å². The van der Waals surface area contributed by atoms with Crippen LogP contribution in [0, 0.1) is 6.92 Å². The molecule has 19 heavy (non-hydrogen) atoms. The largest absolute Gasteiger partial charge is 0.383 e. The first kappa shape index (κ1) is 14.3. The summed E-state index contributed by atoms with van der Waals surface area (Å²) < 4.78 is 0. The summed E-state index contributed by atoms with van der Waals surface area (Å²) in [6, 6.07) is 1.93. The van der Waals surface area contributed by atoms with E-state index in [2.05, 4.69) is 30.9 Å². The lowest BCUT2D eigenvalue weighted by molar-refractivity contribution is 0.0713. The van der Waals surface area contributed by atoms with Gasteiger partial charge in [-0.1, -0.05) is 19.3 Å². The molecular weight excluding hydrogens is 236 g/mol. The van der Waals surface area contributed by atoms with Gasteiger partial charge in [0.1, 0.15) is 5.82 Å². The Morgan fingerprint density at radius 1 is 1.26 bits per heavy atom. The first-order valence-electron chi connectivity index (χ1n) is 7.13. The van der Waals surface area contributed by atoms with Gasteiger partial charge in [0.15, 0.2) is 0 Å². The van der Waals surface area contributed by atoms with E-state index in [1.54, 1.807) is 6.20 Å². The van der Waals surface area contributed by atoms with Crippen molar-refractivity contribution in [2.75, 3.05) is 19.8 Å². The van der Waals surface area contributed by atoms with E-state index in [-0.39, 0.29) is 11.6 Å². The molecule has 106 valence electrons.